The third-order valence-corrected chi connectivity index (χ3v) is 5.57. The third kappa shape index (κ3) is 3.34. The number of aromatic nitrogens is 2. The lowest BCUT2D eigenvalue weighted by atomic mass is 10.1. The first-order valence-electron chi connectivity index (χ1n) is 8.91. The van der Waals surface area contributed by atoms with Gasteiger partial charge < -0.3 is 5.11 Å². The minimum Gasteiger partial charge on any atom is -0.478 e. The van der Waals surface area contributed by atoms with Gasteiger partial charge in [0.25, 0.3) is 5.56 Å². The van der Waals surface area contributed by atoms with E-state index < -0.39 is 5.97 Å². The summed E-state index contributed by atoms with van der Waals surface area (Å²) in [4.78, 5) is 29.9. The van der Waals surface area contributed by atoms with Crippen molar-refractivity contribution in [1.29, 1.82) is 0 Å². The van der Waals surface area contributed by atoms with E-state index in [4.69, 9.17) is 0 Å². The molecule has 28 heavy (non-hydrogen) atoms. The second-order valence-electron chi connectivity index (χ2n) is 6.63. The number of nitrogens with zero attached hydrogens (tertiary/aromatic N) is 2. The van der Waals surface area contributed by atoms with Gasteiger partial charge in [-0.25, -0.2) is 9.78 Å². The van der Waals surface area contributed by atoms with Crippen LogP contribution in [-0.4, -0.2) is 20.6 Å². The van der Waals surface area contributed by atoms with Crippen LogP contribution in [0.3, 0.4) is 0 Å². The van der Waals surface area contributed by atoms with Crippen molar-refractivity contribution >= 4 is 27.5 Å². The van der Waals surface area contributed by atoms with Gasteiger partial charge >= 0.3 is 5.97 Å². The average Bonchev–Trinajstić information content (AvgIpc) is 3.13. The number of fused-ring (bicyclic) bond motifs is 1. The number of hydrogen-bond acceptors (Lipinski definition) is 4. The number of benzene rings is 2. The van der Waals surface area contributed by atoms with E-state index in [-0.39, 0.29) is 16.5 Å². The molecule has 2 heterocycles. The highest BCUT2D eigenvalue weighted by Crippen LogP contribution is 2.26. The predicted molar refractivity (Wildman–Crippen MR) is 111 cm³/mol. The number of carboxylic acids is 1. The molecule has 0 saturated heterocycles. The molecule has 5 nitrogen and oxygen atoms in total. The molecule has 1 N–H and O–H groups in total. The SMILES string of the molecule is Cc1ccc(-c2nc3scc(C(=O)O)c3c(=O)n2CCc2ccccc2)cc1. The summed E-state index contributed by atoms with van der Waals surface area (Å²) in [6, 6.07) is 17.7. The van der Waals surface area contributed by atoms with Gasteiger partial charge in [0.1, 0.15) is 10.7 Å². The van der Waals surface area contributed by atoms with Crippen molar-refractivity contribution in [3.63, 3.8) is 0 Å². The quantitative estimate of drug-likeness (QED) is 0.549. The zero-order chi connectivity index (χ0) is 19.7. The maximum atomic E-state index is 13.3. The Kier molecular flexibility index (Phi) is 4.79. The Morgan fingerprint density at radius 3 is 2.50 bits per heavy atom. The van der Waals surface area contributed by atoms with E-state index in [0.717, 1.165) is 16.7 Å². The van der Waals surface area contributed by atoms with Crippen molar-refractivity contribution in [2.75, 3.05) is 0 Å². The molecule has 0 radical (unpaired) electrons. The Balaban J connectivity index is 1.89. The molecule has 4 rings (SSSR count). The first kappa shape index (κ1) is 18.1. The summed E-state index contributed by atoms with van der Waals surface area (Å²) < 4.78 is 1.60. The fourth-order valence-electron chi connectivity index (χ4n) is 3.20. The maximum absolute atomic E-state index is 13.3. The largest absolute Gasteiger partial charge is 0.478 e. The highest BCUT2D eigenvalue weighted by molar-refractivity contribution is 7.17. The molecule has 0 fully saturated rings. The van der Waals surface area contributed by atoms with Gasteiger partial charge in [-0.1, -0.05) is 60.2 Å². The molecule has 140 valence electrons. The highest BCUT2D eigenvalue weighted by atomic mass is 32.1. The molecule has 0 unspecified atom stereocenters. The van der Waals surface area contributed by atoms with Gasteiger partial charge in [-0.3, -0.25) is 9.36 Å². The van der Waals surface area contributed by atoms with Crippen molar-refractivity contribution in [2.24, 2.45) is 0 Å². The Morgan fingerprint density at radius 2 is 1.82 bits per heavy atom. The second kappa shape index (κ2) is 7.40. The molecule has 0 aliphatic carbocycles. The van der Waals surface area contributed by atoms with Crippen molar-refractivity contribution < 1.29 is 9.90 Å². The van der Waals surface area contributed by atoms with E-state index in [0.29, 0.717) is 23.6 Å². The molecule has 0 spiro atoms. The van der Waals surface area contributed by atoms with Gasteiger partial charge in [-0.05, 0) is 18.9 Å². The van der Waals surface area contributed by atoms with Crippen LogP contribution in [-0.2, 0) is 13.0 Å². The predicted octanol–water partition coefficient (Wildman–Crippen LogP) is 4.37. The summed E-state index contributed by atoms with van der Waals surface area (Å²) in [5.74, 6) is -0.546. The Labute approximate surface area is 165 Å². The number of aromatic carboxylic acids is 1. The van der Waals surface area contributed by atoms with Crippen LogP contribution in [0.25, 0.3) is 21.6 Å². The zero-order valence-corrected chi connectivity index (χ0v) is 16.1. The van der Waals surface area contributed by atoms with E-state index in [1.807, 2.05) is 61.5 Å². The Bertz CT molecular complexity index is 1210. The molecule has 0 saturated carbocycles. The number of thiophene rings is 1. The fraction of sp³-hybridized carbons (Fsp3) is 0.136. The molecule has 6 heteroatoms. The molecule has 0 aliphatic heterocycles. The number of carbonyl (C=O) groups is 1. The molecular weight excluding hydrogens is 372 g/mol. The molecule has 0 bridgehead atoms. The fourth-order valence-corrected chi connectivity index (χ4v) is 4.10. The lowest BCUT2D eigenvalue weighted by Gasteiger charge is -2.13. The second-order valence-corrected chi connectivity index (χ2v) is 7.49. The van der Waals surface area contributed by atoms with E-state index >= 15 is 0 Å². The maximum Gasteiger partial charge on any atom is 0.337 e. The van der Waals surface area contributed by atoms with Crippen LogP contribution < -0.4 is 5.56 Å². The third-order valence-electron chi connectivity index (χ3n) is 4.70. The molecule has 2 aromatic carbocycles. The molecule has 0 amide bonds. The summed E-state index contributed by atoms with van der Waals surface area (Å²) in [7, 11) is 0. The van der Waals surface area contributed by atoms with Crippen LogP contribution >= 0.6 is 11.3 Å². The van der Waals surface area contributed by atoms with Gasteiger partial charge in [0, 0.05) is 17.5 Å². The van der Waals surface area contributed by atoms with Crippen LogP contribution in [0.4, 0.5) is 0 Å². The van der Waals surface area contributed by atoms with Gasteiger partial charge in [-0.2, -0.15) is 0 Å². The van der Waals surface area contributed by atoms with E-state index in [9.17, 15) is 14.7 Å². The normalized spacial score (nSPS) is 11.0. The summed E-state index contributed by atoms with van der Waals surface area (Å²) >= 11 is 1.19. The summed E-state index contributed by atoms with van der Waals surface area (Å²) in [6.45, 7) is 2.42. The minimum atomic E-state index is -1.11. The molecular formula is C22H18N2O3S. The molecule has 2 aromatic heterocycles. The van der Waals surface area contributed by atoms with Crippen molar-refractivity contribution in [3.8, 4) is 11.4 Å². The zero-order valence-electron chi connectivity index (χ0n) is 15.3. The van der Waals surface area contributed by atoms with Crippen LogP contribution in [0, 0.1) is 6.92 Å². The molecule has 0 aliphatic rings. The van der Waals surface area contributed by atoms with Gasteiger partial charge in [0.15, 0.2) is 0 Å². The van der Waals surface area contributed by atoms with Crippen LogP contribution in [0.1, 0.15) is 21.5 Å². The van der Waals surface area contributed by atoms with E-state index in [1.165, 1.54) is 16.7 Å². The summed E-state index contributed by atoms with van der Waals surface area (Å²) in [5, 5.41) is 11.1. The van der Waals surface area contributed by atoms with Crippen molar-refractivity contribution in [3.05, 3.63) is 87.0 Å². The topological polar surface area (TPSA) is 72.2 Å². The smallest absolute Gasteiger partial charge is 0.337 e. The Morgan fingerprint density at radius 1 is 1.11 bits per heavy atom. The highest BCUT2D eigenvalue weighted by Gasteiger charge is 2.20. The number of carboxylic acid groups (broad SMARTS) is 1. The number of aryl methyl sites for hydroxylation is 2. The monoisotopic (exact) mass is 390 g/mol. The van der Waals surface area contributed by atoms with Crippen LogP contribution in [0.5, 0.6) is 0 Å². The molecule has 0 atom stereocenters. The number of hydrogen-bond donors (Lipinski definition) is 1. The first-order valence-corrected chi connectivity index (χ1v) is 9.79. The lowest BCUT2D eigenvalue weighted by molar-refractivity contribution is 0.0699. The summed E-state index contributed by atoms with van der Waals surface area (Å²) in [5.41, 5.74) is 2.76. The van der Waals surface area contributed by atoms with Crippen molar-refractivity contribution in [2.45, 2.75) is 19.9 Å². The van der Waals surface area contributed by atoms with Crippen LogP contribution in [0.2, 0.25) is 0 Å². The van der Waals surface area contributed by atoms with Crippen LogP contribution in [0.15, 0.2) is 64.8 Å². The first-order chi connectivity index (χ1) is 13.5. The lowest BCUT2D eigenvalue weighted by Crippen LogP contribution is -2.25. The minimum absolute atomic E-state index is 0.0152. The van der Waals surface area contributed by atoms with E-state index in [2.05, 4.69) is 4.98 Å². The van der Waals surface area contributed by atoms with Gasteiger partial charge in [0.2, 0.25) is 0 Å². The van der Waals surface area contributed by atoms with Gasteiger partial charge in [-0.15, -0.1) is 11.3 Å². The average molecular weight is 390 g/mol. The number of rotatable bonds is 5. The van der Waals surface area contributed by atoms with Gasteiger partial charge in [0.05, 0.1) is 10.9 Å². The molecule has 4 aromatic rings. The summed E-state index contributed by atoms with van der Waals surface area (Å²) in [6.07, 6.45) is 0.652. The standard InChI is InChI=1S/C22H18N2O3S/c1-14-7-9-16(10-8-14)19-23-20-18(17(13-28-20)22(26)27)21(25)24(19)12-11-15-5-3-2-4-6-15/h2-10,13H,11-12H2,1H3,(H,26,27). The Hall–Kier alpha value is -3.25. The van der Waals surface area contributed by atoms with Crippen molar-refractivity contribution in [1.82, 2.24) is 9.55 Å². The van der Waals surface area contributed by atoms with E-state index in [1.54, 1.807) is 4.57 Å².